The van der Waals surface area contributed by atoms with Crippen LogP contribution in [0.2, 0.25) is 0 Å². The van der Waals surface area contributed by atoms with Crippen molar-refractivity contribution in [2.24, 2.45) is 34.5 Å². The zero-order valence-electron chi connectivity index (χ0n) is 21.7. The Labute approximate surface area is 199 Å². The Balaban J connectivity index is 1.26. The predicted octanol–water partition coefficient (Wildman–Crippen LogP) is 9.45. The summed E-state index contributed by atoms with van der Waals surface area (Å²) in [5.74, 6) is 3.99. The number of hydrogen-bond acceptors (Lipinski definition) is 1. The second kappa shape index (κ2) is 10.8. The third-order valence-corrected chi connectivity index (χ3v) is 11.0. The molecule has 4 aliphatic rings. The number of hydrogen-bond donors (Lipinski definition) is 0. The molecule has 0 amide bonds. The summed E-state index contributed by atoms with van der Waals surface area (Å²) in [7, 11) is 0. The van der Waals surface area contributed by atoms with Crippen molar-refractivity contribution in [3.8, 4) is 0 Å². The first-order valence-corrected chi connectivity index (χ1v) is 14.7. The van der Waals surface area contributed by atoms with Gasteiger partial charge in [0.25, 0.3) is 0 Å². The van der Waals surface area contributed by atoms with Crippen LogP contribution in [0, 0.1) is 34.5 Å². The molecule has 0 aromatic heterocycles. The van der Waals surface area contributed by atoms with Gasteiger partial charge in [0.2, 0.25) is 0 Å². The largest absolute Gasteiger partial charge is 0.300 e. The van der Waals surface area contributed by atoms with E-state index >= 15 is 0 Å². The lowest BCUT2D eigenvalue weighted by Crippen LogP contribution is -2.52. The van der Waals surface area contributed by atoms with Gasteiger partial charge in [-0.25, -0.2) is 0 Å². The first-order valence-electron chi connectivity index (χ1n) is 14.7. The van der Waals surface area contributed by atoms with Crippen molar-refractivity contribution in [1.29, 1.82) is 0 Å². The summed E-state index contributed by atoms with van der Waals surface area (Å²) in [6.45, 7) is 7.53. The molecule has 4 fully saturated rings. The highest BCUT2D eigenvalue weighted by molar-refractivity contribution is 5.79. The molecule has 1 heteroatoms. The fourth-order valence-electron chi connectivity index (χ4n) is 8.96. The van der Waals surface area contributed by atoms with Crippen LogP contribution in [0.15, 0.2) is 11.6 Å². The Kier molecular flexibility index (Phi) is 8.26. The normalized spacial score (nSPS) is 40.2. The molecule has 0 aromatic rings. The first kappa shape index (κ1) is 24.5. The lowest BCUT2D eigenvalue weighted by Gasteiger charge is -2.59. The van der Waals surface area contributed by atoms with Gasteiger partial charge in [0, 0.05) is 12.8 Å². The topological polar surface area (TPSA) is 17.1 Å². The summed E-state index contributed by atoms with van der Waals surface area (Å²) in [5.41, 5.74) is 2.79. The molecule has 0 bridgehead atoms. The van der Waals surface area contributed by atoms with Gasteiger partial charge in [-0.3, -0.25) is 4.79 Å². The van der Waals surface area contributed by atoms with E-state index in [-0.39, 0.29) is 0 Å². The van der Waals surface area contributed by atoms with Crippen LogP contribution in [0.4, 0.5) is 0 Å². The summed E-state index contributed by atoms with van der Waals surface area (Å²) in [5, 5.41) is 0. The minimum Gasteiger partial charge on any atom is -0.300 e. The van der Waals surface area contributed by atoms with E-state index in [1.807, 2.05) is 5.57 Å². The number of unbranched alkanes of at least 4 members (excludes halogenated alkanes) is 9. The van der Waals surface area contributed by atoms with Crippen molar-refractivity contribution in [2.75, 3.05) is 0 Å². The van der Waals surface area contributed by atoms with Crippen molar-refractivity contribution in [3.63, 3.8) is 0 Å². The highest BCUT2D eigenvalue weighted by Crippen LogP contribution is 2.67. The molecule has 6 atom stereocenters. The monoisotopic (exact) mass is 440 g/mol. The average molecular weight is 441 g/mol. The maximum atomic E-state index is 12.1. The number of fused-ring (bicyclic) bond motifs is 5. The van der Waals surface area contributed by atoms with Gasteiger partial charge in [-0.1, -0.05) is 83.8 Å². The van der Waals surface area contributed by atoms with E-state index in [1.165, 1.54) is 109 Å². The lowest BCUT2D eigenvalue weighted by molar-refractivity contribution is -0.136. The van der Waals surface area contributed by atoms with Crippen LogP contribution in [-0.4, -0.2) is 5.78 Å². The van der Waals surface area contributed by atoms with Gasteiger partial charge in [0.1, 0.15) is 5.78 Å². The van der Waals surface area contributed by atoms with Gasteiger partial charge < -0.3 is 0 Å². The zero-order chi connectivity index (χ0) is 22.6. The quantitative estimate of drug-likeness (QED) is 0.244. The van der Waals surface area contributed by atoms with Crippen molar-refractivity contribution in [1.82, 2.24) is 0 Å². The van der Waals surface area contributed by atoms with E-state index in [2.05, 4.69) is 26.8 Å². The summed E-state index contributed by atoms with van der Waals surface area (Å²) in [4.78, 5) is 12.1. The summed E-state index contributed by atoms with van der Waals surface area (Å²) >= 11 is 0. The number of ketones is 1. The zero-order valence-corrected chi connectivity index (χ0v) is 21.7. The summed E-state index contributed by atoms with van der Waals surface area (Å²) in [6.07, 6.45) is 28.2. The SMILES string of the molecule is CCCCCCCCCCCC=C1CCC2C3CCC4CC(=O)CC[C@]4(C)C3CC[C@]12C. The number of carbonyl (C=O) groups excluding carboxylic acids is 1. The molecule has 0 spiro atoms. The minimum atomic E-state index is 0.459. The number of carbonyl (C=O) groups is 1. The van der Waals surface area contributed by atoms with Gasteiger partial charge >= 0.3 is 0 Å². The molecule has 0 aromatic carbocycles. The molecule has 4 saturated carbocycles. The molecule has 0 radical (unpaired) electrons. The predicted molar refractivity (Wildman–Crippen MR) is 137 cm³/mol. The van der Waals surface area contributed by atoms with Gasteiger partial charge in [-0.05, 0) is 92.3 Å². The first-order chi connectivity index (χ1) is 15.5. The molecule has 4 unspecified atom stereocenters. The highest BCUT2D eigenvalue weighted by Gasteiger charge is 2.58. The Morgan fingerprint density at radius 3 is 2.28 bits per heavy atom. The van der Waals surface area contributed by atoms with Crippen molar-refractivity contribution >= 4 is 5.78 Å². The highest BCUT2D eigenvalue weighted by atomic mass is 16.1. The molecule has 0 heterocycles. The third kappa shape index (κ3) is 4.93. The van der Waals surface area contributed by atoms with E-state index < -0.39 is 0 Å². The van der Waals surface area contributed by atoms with Crippen molar-refractivity contribution in [2.45, 2.75) is 143 Å². The second-order valence-corrected chi connectivity index (χ2v) is 12.7. The third-order valence-electron chi connectivity index (χ3n) is 11.0. The second-order valence-electron chi connectivity index (χ2n) is 12.7. The maximum Gasteiger partial charge on any atom is 0.133 e. The maximum absolute atomic E-state index is 12.1. The van der Waals surface area contributed by atoms with Crippen LogP contribution < -0.4 is 0 Å². The lowest BCUT2D eigenvalue weighted by atomic mass is 9.45. The molecule has 1 nitrogen and oxygen atoms in total. The molecule has 4 aliphatic carbocycles. The fraction of sp³-hybridized carbons (Fsp3) is 0.903. The number of allylic oxidation sites excluding steroid dienone is 2. The number of Topliss-reactive ketones (excluding diaryl/α,β-unsaturated/α-hetero) is 1. The molecule has 182 valence electrons. The van der Waals surface area contributed by atoms with Crippen molar-refractivity contribution in [3.05, 3.63) is 11.6 Å². The molecule has 0 aliphatic heterocycles. The minimum absolute atomic E-state index is 0.459. The molecule has 32 heavy (non-hydrogen) atoms. The van der Waals surface area contributed by atoms with Crippen LogP contribution in [0.5, 0.6) is 0 Å². The Morgan fingerprint density at radius 2 is 1.53 bits per heavy atom. The van der Waals surface area contributed by atoms with Crippen LogP contribution in [0.25, 0.3) is 0 Å². The Bertz CT molecular complexity index is 661. The van der Waals surface area contributed by atoms with E-state index in [0.717, 1.165) is 30.6 Å². The van der Waals surface area contributed by atoms with E-state index in [9.17, 15) is 4.79 Å². The van der Waals surface area contributed by atoms with E-state index in [0.29, 0.717) is 22.5 Å². The van der Waals surface area contributed by atoms with Crippen LogP contribution in [-0.2, 0) is 4.79 Å². The Hall–Kier alpha value is -0.590. The van der Waals surface area contributed by atoms with E-state index in [4.69, 9.17) is 0 Å². The van der Waals surface area contributed by atoms with Crippen LogP contribution in [0.1, 0.15) is 143 Å². The van der Waals surface area contributed by atoms with Crippen molar-refractivity contribution < 1.29 is 4.79 Å². The van der Waals surface area contributed by atoms with E-state index in [1.54, 1.807) is 0 Å². The molecule has 4 rings (SSSR count). The average Bonchev–Trinajstić information content (AvgIpc) is 3.12. The fourth-order valence-corrected chi connectivity index (χ4v) is 8.96. The Morgan fingerprint density at radius 1 is 0.812 bits per heavy atom. The van der Waals surface area contributed by atoms with Crippen LogP contribution in [0.3, 0.4) is 0 Å². The molecular formula is C31H52O. The standard InChI is InChI=1S/C31H52O/c1-4-5-6-7-8-9-10-11-12-13-14-24-16-18-28-27-17-15-25-23-26(32)19-21-31(25,3)29(27)20-22-30(24,28)2/h14,25,27-29H,4-13,15-23H2,1-3H3/t25?,27?,28?,29?,30-,31+/m1/s1. The van der Waals surface area contributed by atoms with Gasteiger partial charge in [0.15, 0.2) is 0 Å². The smallest absolute Gasteiger partial charge is 0.133 e. The van der Waals surface area contributed by atoms with Gasteiger partial charge in [-0.15, -0.1) is 0 Å². The molecule has 0 N–H and O–H groups in total. The summed E-state index contributed by atoms with van der Waals surface area (Å²) < 4.78 is 0. The molecular weight excluding hydrogens is 388 g/mol. The molecule has 0 saturated heterocycles. The van der Waals surface area contributed by atoms with Gasteiger partial charge in [-0.2, -0.15) is 0 Å². The van der Waals surface area contributed by atoms with Crippen LogP contribution >= 0.6 is 0 Å². The number of rotatable bonds is 10. The summed E-state index contributed by atoms with van der Waals surface area (Å²) in [6, 6.07) is 0. The van der Waals surface area contributed by atoms with Gasteiger partial charge in [0.05, 0.1) is 0 Å².